The Morgan fingerprint density at radius 1 is 1.30 bits per heavy atom. The minimum absolute atomic E-state index is 0.00521. The van der Waals surface area contributed by atoms with Crippen LogP contribution in [-0.2, 0) is 38.2 Å². The van der Waals surface area contributed by atoms with Gasteiger partial charge in [0, 0.05) is 25.1 Å². The number of imidazole rings is 1. The van der Waals surface area contributed by atoms with E-state index in [1.165, 1.54) is 24.4 Å². The molecule has 1 aromatic carbocycles. The van der Waals surface area contributed by atoms with Gasteiger partial charge in [0.05, 0.1) is 36.8 Å². The summed E-state index contributed by atoms with van der Waals surface area (Å²) in [4.78, 5) is 18.8. The Morgan fingerprint density at radius 3 is 2.64 bits per heavy atom. The average molecular weight is 480 g/mol. The number of aromatic nitrogens is 2. The molecule has 1 aliphatic heterocycles. The molecule has 182 valence electrons. The number of ether oxygens (including phenoxy) is 1. The number of carbonyl (C=O) groups is 1. The van der Waals surface area contributed by atoms with E-state index < -0.39 is 21.4 Å². The maximum Gasteiger partial charge on any atom is 0.228 e. The SMILES string of the molecule is CCN(Cc1cnc(S(=O)(=O)Cc2ccccc2F)n1C[C@H]1CCCO1)C(=O)CC(C)(C)C. The van der Waals surface area contributed by atoms with Crippen molar-refractivity contribution < 1.29 is 22.3 Å². The van der Waals surface area contributed by atoms with E-state index in [4.69, 9.17) is 4.74 Å². The number of hydrogen-bond acceptors (Lipinski definition) is 5. The number of benzene rings is 1. The van der Waals surface area contributed by atoms with Crippen molar-refractivity contribution in [2.24, 2.45) is 5.41 Å². The Morgan fingerprint density at radius 2 is 2.03 bits per heavy atom. The maximum atomic E-state index is 14.2. The van der Waals surface area contributed by atoms with Crippen LogP contribution in [0.3, 0.4) is 0 Å². The van der Waals surface area contributed by atoms with Crippen LogP contribution < -0.4 is 0 Å². The molecule has 0 bridgehead atoms. The van der Waals surface area contributed by atoms with Crippen LogP contribution in [0.5, 0.6) is 0 Å². The fourth-order valence-corrected chi connectivity index (χ4v) is 5.49. The van der Waals surface area contributed by atoms with E-state index in [1.54, 1.807) is 15.5 Å². The maximum absolute atomic E-state index is 14.2. The number of rotatable bonds is 9. The van der Waals surface area contributed by atoms with Crippen molar-refractivity contribution in [3.8, 4) is 0 Å². The molecule has 0 radical (unpaired) electrons. The predicted octanol–water partition coefficient (Wildman–Crippen LogP) is 3.96. The molecule has 1 aliphatic rings. The van der Waals surface area contributed by atoms with Gasteiger partial charge in [-0.25, -0.2) is 17.8 Å². The lowest BCUT2D eigenvalue weighted by Crippen LogP contribution is -2.34. The molecular formula is C24H34FN3O4S. The summed E-state index contributed by atoms with van der Waals surface area (Å²) in [5, 5.41) is -0.115. The third-order valence-corrected chi connectivity index (χ3v) is 7.24. The number of amides is 1. The van der Waals surface area contributed by atoms with Crippen LogP contribution >= 0.6 is 0 Å². The Bertz CT molecular complexity index is 1070. The highest BCUT2D eigenvalue weighted by Crippen LogP contribution is 2.25. The molecule has 9 heteroatoms. The van der Waals surface area contributed by atoms with Crippen molar-refractivity contribution in [1.82, 2.24) is 14.5 Å². The van der Waals surface area contributed by atoms with E-state index in [-0.39, 0.29) is 34.7 Å². The zero-order valence-electron chi connectivity index (χ0n) is 19.9. The first-order valence-electron chi connectivity index (χ1n) is 11.4. The molecule has 2 aromatic rings. The van der Waals surface area contributed by atoms with Crippen LogP contribution in [-0.4, -0.2) is 48.0 Å². The number of hydrogen-bond donors (Lipinski definition) is 0. The molecule has 33 heavy (non-hydrogen) atoms. The van der Waals surface area contributed by atoms with Crippen molar-refractivity contribution >= 4 is 15.7 Å². The lowest BCUT2D eigenvalue weighted by atomic mass is 9.91. The van der Waals surface area contributed by atoms with Gasteiger partial charge in [-0.3, -0.25) is 4.79 Å². The van der Waals surface area contributed by atoms with E-state index in [9.17, 15) is 17.6 Å². The Labute approximate surface area is 195 Å². The van der Waals surface area contributed by atoms with E-state index in [2.05, 4.69) is 4.98 Å². The lowest BCUT2D eigenvalue weighted by molar-refractivity contribution is -0.133. The number of nitrogens with zero attached hydrogens (tertiary/aromatic N) is 3. The summed E-state index contributed by atoms with van der Waals surface area (Å²) in [6, 6.07) is 5.84. The smallest absolute Gasteiger partial charge is 0.228 e. The van der Waals surface area contributed by atoms with Crippen LogP contribution in [0.4, 0.5) is 4.39 Å². The molecular weight excluding hydrogens is 445 g/mol. The number of carbonyl (C=O) groups excluding carboxylic acids is 1. The second-order valence-corrected chi connectivity index (χ2v) is 11.7. The van der Waals surface area contributed by atoms with Crippen molar-refractivity contribution in [1.29, 1.82) is 0 Å². The van der Waals surface area contributed by atoms with Gasteiger partial charge in [-0.15, -0.1) is 0 Å². The molecule has 1 aromatic heterocycles. The van der Waals surface area contributed by atoms with Gasteiger partial charge >= 0.3 is 0 Å². The van der Waals surface area contributed by atoms with Gasteiger partial charge < -0.3 is 14.2 Å². The third kappa shape index (κ3) is 6.63. The van der Waals surface area contributed by atoms with Crippen LogP contribution in [0.15, 0.2) is 35.6 Å². The zero-order valence-corrected chi connectivity index (χ0v) is 20.7. The summed E-state index contributed by atoms with van der Waals surface area (Å²) in [5.41, 5.74) is 0.569. The molecule has 3 rings (SSSR count). The van der Waals surface area contributed by atoms with Gasteiger partial charge in [-0.2, -0.15) is 0 Å². The molecule has 1 saturated heterocycles. The molecule has 1 atom stereocenters. The van der Waals surface area contributed by atoms with Gasteiger partial charge in [0.15, 0.2) is 0 Å². The predicted molar refractivity (Wildman–Crippen MR) is 124 cm³/mol. The second-order valence-electron chi connectivity index (χ2n) is 9.77. The first kappa shape index (κ1) is 25.4. The summed E-state index contributed by atoms with van der Waals surface area (Å²) in [5.74, 6) is -1.05. The third-order valence-electron chi connectivity index (χ3n) is 5.66. The van der Waals surface area contributed by atoms with Crippen LogP contribution in [0.1, 0.15) is 58.2 Å². The summed E-state index contributed by atoms with van der Waals surface area (Å²) in [6.07, 6.45) is 3.51. The molecule has 0 saturated carbocycles. The van der Waals surface area contributed by atoms with Crippen LogP contribution in [0.25, 0.3) is 0 Å². The summed E-state index contributed by atoms with van der Waals surface area (Å²) in [6.45, 7) is 9.63. The quantitative estimate of drug-likeness (QED) is 0.544. The molecule has 0 spiro atoms. The normalized spacial score (nSPS) is 16.8. The molecule has 0 unspecified atom stereocenters. The molecule has 7 nitrogen and oxygen atoms in total. The van der Waals surface area contributed by atoms with E-state index in [0.29, 0.717) is 31.8 Å². The number of sulfone groups is 1. The van der Waals surface area contributed by atoms with E-state index in [1.807, 2.05) is 27.7 Å². The van der Waals surface area contributed by atoms with Crippen molar-refractivity contribution in [2.75, 3.05) is 13.2 Å². The van der Waals surface area contributed by atoms with E-state index in [0.717, 1.165) is 12.8 Å². The molecule has 2 heterocycles. The van der Waals surface area contributed by atoms with Crippen molar-refractivity contribution in [2.45, 2.75) is 77.1 Å². The topological polar surface area (TPSA) is 81.5 Å². The lowest BCUT2D eigenvalue weighted by Gasteiger charge is -2.26. The second kappa shape index (κ2) is 10.3. The molecule has 0 N–H and O–H groups in total. The average Bonchev–Trinajstić information content (AvgIpc) is 3.37. The minimum atomic E-state index is -3.93. The van der Waals surface area contributed by atoms with Crippen LogP contribution in [0.2, 0.25) is 0 Å². The summed E-state index contributed by atoms with van der Waals surface area (Å²) in [7, 11) is -3.93. The first-order chi connectivity index (χ1) is 15.5. The Hall–Kier alpha value is -2.26. The molecule has 1 amide bonds. The highest BCUT2D eigenvalue weighted by molar-refractivity contribution is 7.90. The van der Waals surface area contributed by atoms with Gasteiger partial charge in [0.2, 0.25) is 20.9 Å². The Balaban J connectivity index is 1.92. The summed E-state index contributed by atoms with van der Waals surface area (Å²) >= 11 is 0. The monoisotopic (exact) mass is 479 g/mol. The molecule has 1 fully saturated rings. The van der Waals surface area contributed by atoms with Gasteiger partial charge in [-0.05, 0) is 31.2 Å². The molecule has 0 aliphatic carbocycles. The zero-order chi connectivity index (χ0) is 24.2. The van der Waals surface area contributed by atoms with Gasteiger partial charge in [0.1, 0.15) is 5.82 Å². The highest BCUT2D eigenvalue weighted by Gasteiger charge is 2.29. The number of halogens is 1. The van der Waals surface area contributed by atoms with E-state index >= 15 is 0 Å². The first-order valence-corrected chi connectivity index (χ1v) is 13.1. The minimum Gasteiger partial charge on any atom is -0.376 e. The van der Waals surface area contributed by atoms with Gasteiger partial charge in [0.25, 0.3) is 0 Å². The highest BCUT2D eigenvalue weighted by atomic mass is 32.2. The standard InChI is InChI=1S/C24H34FN3O4S/c1-5-27(22(29)13-24(2,3)4)15-19-14-26-23(28(19)16-20-10-8-12-32-20)33(30,31)17-18-9-6-7-11-21(18)25/h6-7,9,11,14,20H,5,8,10,12-13,15-17H2,1-4H3/t20-/m1/s1. The van der Waals surface area contributed by atoms with Gasteiger partial charge in [-0.1, -0.05) is 39.0 Å². The fourth-order valence-electron chi connectivity index (χ4n) is 3.98. The van der Waals surface area contributed by atoms with Crippen LogP contribution in [0, 0.1) is 11.2 Å². The van der Waals surface area contributed by atoms with Crippen molar-refractivity contribution in [3.05, 3.63) is 47.5 Å². The fraction of sp³-hybridized carbons (Fsp3) is 0.583. The summed E-state index contributed by atoms with van der Waals surface area (Å²) < 4.78 is 48.1. The van der Waals surface area contributed by atoms with Crippen molar-refractivity contribution in [3.63, 3.8) is 0 Å². The Kier molecular flexibility index (Phi) is 7.95. The largest absolute Gasteiger partial charge is 0.376 e.